The van der Waals surface area contributed by atoms with Gasteiger partial charge in [-0.2, -0.15) is 0 Å². The molecule has 2 saturated heterocycles. The molecule has 0 aliphatic carbocycles. The molecular weight excluding hydrogens is 140 g/mol. The molecule has 3 heteroatoms. The first kappa shape index (κ1) is 7.53. The second-order valence-corrected chi connectivity index (χ2v) is 3.79. The molecule has 0 aromatic rings. The Bertz CT molecular complexity index is 128. The van der Waals surface area contributed by atoms with Gasteiger partial charge in [0.1, 0.15) is 0 Å². The predicted molar refractivity (Wildman–Crippen MR) is 42.5 cm³/mol. The van der Waals surface area contributed by atoms with E-state index in [4.69, 9.17) is 5.21 Å². The van der Waals surface area contributed by atoms with Crippen LogP contribution in [0.5, 0.6) is 0 Å². The Morgan fingerprint density at radius 3 is 2.36 bits per heavy atom. The molecule has 3 N–H and O–H groups in total. The van der Waals surface area contributed by atoms with E-state index in [0.29, 0.717) is 18.1 Å². The van der Waals surface area contributed by atoms with Gasteiger partial charge in [0.25, 0.3) is 0 Å². The molecule has 2 rings (SSSR count). The maximum Gasteiger partial charge on any atom is 0.0349 e. The second-order valence-electron chi connectivity index (χ2n) is 3.79. The normalized spacial score (nSPS) is 43.9. The molecule has 1 unspecified atom stereocenters. The fourth-order valence-electron chi connectivity index (χ4n) is 2.37. The Morgan fingerprint density at radius 1 is 1.18 bits per heavy atom. The van der Waals surface area contributed by atoms with Gasteiger partial charge in [0.05, 0.1) is 0 Å². The van der Waals surface area contributed by atoms with Gasteiger partial charge < -0.3 is 10.5 Å². The summed E-state index contributed by atoms with van der Waals surface area (Å²) in [6.45, 7) is 0. The molecule has 2 fully saturated rings. The Kier molecular flexibility index (Phi) is 2.11. The Morgan fingerprint density at radius 2 is 1.82 bits per heavy atom. The van der Waals surface area contributed by atoms with Crippen LogP contribution in [0.3, 0.4) is 0 Å². The fourth-order valence-corrected chi connectivity index (χ4v) is 2.37. The third-order valence-corrected chi connectivity index (χ3v) is 2.90. The van der Waals surface area contributed by atoms with Crippen LogP contribution in [-0.4, -0.2) is 23.3 Å². The van der Waals surface area contributed by atoms with E-state index >= 15 is 0 Å². The molecule has 0 aromatic heterocycles. The molecule has 11 heavy (non-hydrogen) atoms. The monoisotopic (exact) mass is 156 g/mol. The maximum absolute atomic E-state index is 8.77. The van der Waals surface area contributed by atoms with Crippen LogP contribution < -0.4 is 10.8 Å². The molecule has 0 radical (unpaired) electrons. The zero-order chi connectivity index (χ0) is 7.68. The van der Waals surface area contributed by atoms with Crippen LogP contribution in [-0.2, 0) is 0 Å². The Hall–Kier alpha value is -0.120. The summed E-state index contributed by atoms with van der Waals surface area (Å²) in [6.07, 6.45) is 6.11. The molecule has 0 spiro atoms. The number of fused-ring (bicyclic) bond motifs is 2. The van der Waals surface area contributed by atoms with Crippen LogP contribution >= 0.6 is 0 Å². The summed E-state index contributed by atoms with van der Waals surface area (Å²) >= 11 is 0. The summed E-state index contributed by atoms with van der Waals surface area (Å²) < 4.78 is 0. The minimum Gasteiger partial charge on any atom is -0.317 e. The van der Waals surface area contributed by atoms with Gasteiger partial charge in [0.15, 0.2) is 0 Å². The number of hydroxylamine groups is 1. The van der Waals surface area contributed by atoms with Crippen LogP contribution in [0.2, 0.25) is 0 Å². The topological polar surface area (TPSA) is 44.3 Å². The van der Waals surface area contributed by atoms with Crippen molar-refractivity contribution in [3.8, 4) is 0 Å². The van der Waals surface area contributed by atoms with Crippen molar-refractivity contribution in [3.63, 3.8) is 0 Å². The summed E-state index contributed by atoms with van der Waals surface area (Å²) in [4.78, 5) is 0. The third kappa shape index (κ3) is 1.55. The lowest BCUT2D eigenvalue weighted by molar-refractivity contribution is 0.0773. The highest BCUT2D eigenvalue weighted by Crippen LogP contribution is 2.25. The van der Waals surface area contributed by atoms with Crippen LogP contribution in [0, 0.1) is 0 Å². The van der Waals surface area contributed by atoms with E-state index < -0.39 is 0 Å². The van der Waals surface area contributed by atoms with Gasteiger partial charge in [-0.05, 0) is 25.7 Å². The van der Waals surface area contributed by atoms with Gasteiger partial charge in [0, 0.05) is 18.1 Å². The number of piperidine rings is 2. The highest BCUT2D eigenvalue weighted by Gasteiger charge is 2.30. The summed E-state index contributed by atoms with van der Waals surface area (Å²) in [6, 6.07) is 1.66. The maximum atomic E-state index is 8.77. The molecule has 0 aromatic carbocycles. The molecule has 0 saturated carbocycles. The first-order chi connectivity index (χ1) is 5.38. The van der Waals surface area contributed by atoms with E-state index in [-0.39, 0.29) is 0 Å². The van der Waals surface area contributed by atoms with Crippen molar-refractivity contribution in [1.29, 1.82) is 0 Å². The molecule has 3 atom stereocenters. The smallest absolute Gasteiger partial charge is 0.0349 e. The summed E-state index contributed by atoms with van der Waals surface area (Å²) in [7, 11) is 0. The third-order valence-electron chi connectivity index (χ3n) is 2.90. The molecule has 3 nitrogen and oxygen atoms in total. The van der Waals surface area contributed by atoms with Crippen molar-refractivity contribution in [1.82, 2.24) is 10.8 Å². The molecule has 2 bridgehead atoms. The fraction of sp³-hybridized carbons (Fsp3) is 1.00. The highest BCUT2D eigenvalue weighted by molar-refractivity contribution is 4.90. The molecular formula is C8H16N2O. The van der Waals surface area contributed by atoms with Crippen molar-refractivity contribution >= 4 is 0 Å². The lowest BCUT2D eigenvalue weighted by Gasteiger charge is -2.39. The van der Waals surface area contributed by atoms with Crippen molar-refractivity contribution in [2.45, 2.75) is 50.2 Å². The summed E-state index contributed by atoms with van der Waals surface area (Å²) in [5.74, 6) is 0. The number of hydrogen-bond donors (Lipinski definition) is 3. The molecule has 2 heterocycles. The lowest BCUT2D eigenvalue weighted by Crippen LogP contribution is -2.53. The number of hydrogen-bond acceptors (Lipinski definition) is 3. The quantitative estimate of drug-likeness (QED) is 0.488. The molecule has 0 amide bonds. The standard InChI is InChI=1S/C8H16N2O/c11-10-8-4-6-2-1-3-7(5-8)9-6/h6-11H,1-5H2/t6-,7+,8?. The van der Waals surface area contributed by atoms with Gasteiger partial charge in [-0.3, -0.25) is 0 Å². The van der Waals surface area contributed by atoms with Gasteiger partial charge in [-0.25, -0.2) is 5.48 Å². The Labute approximate surface area is 67.1 Å². The zero-order valence-corrected chi connectivity index (χ0v) is 6.71. The average molecular weight is 156 g/mol. The van der Waals surface area contributed by atoms with E-state index in [1.807, 2.05) is 0 Å². The van der Waals surface area contributed by atoms with E-state index in [0.717, 1.165) is 12.8 Å². The van der Waals surface area contributed by atoms with Crippen LogP contribution in [0.25, 0.3) is 0 Å². The van der Waals surface area contributed by atoms with Gasteiger partial charge in [-0.1, -0.05) is 6.42 Å². The minimum atomic E-state index is 0.339. The highest BCUT2D eigenvalue weighted by atomic mass is 16.5. The van der Waals surface area contributed by atoms with Crippen LogP contribution in [0.15, 0.2) is 0 Å². The SMILES string of the molecule is ONC1C[C@H]2CCC[C@@H](C1)N2. The van der Waals surface area contributed by atoms with E-state index in [2.05, 4.69) is 10.8 Å². The first-order valence-electron chi connectivity index (χ1n) is 4.54. The van der Waals surface area contributed by atoms with E-state index in [1.165, 1.54) is 19.3 Å². The van der Waals surface area contributed by atoms with Crippen molar-refractivity contribution in [3.05, 3.63) is 0 Å². The average Bonchev–Trinajstić information content (AvgIpc) is 2.03. The predicted octanol–water partition coefficient (Wildman–Crippen LogP) is 0.638. The van der Waals surface area contributed by atoms with Gasteiger partial charge in [0.2, 0.25) is 0 Å². The minimum absolute atomic E-state index is 0.339. The van der Waals surface area contributed by atoms with E-state index in [9.17, 15) is 0 Å². The Balaban J connectivity index is 1.94. The molecule has 2 aliphatic heterocycles. The van der Waals surface area contributed by atoms with Gasteiger partial charge >= 0.3 is 0 Å². The van der Waals surface area contributed by atoms with Crippen molar-refractivity contribution < 1.29 is 5.21 Å². The van der Waals surface area contributed by atoms with Crippen molar-refractivity contribution in [2.24, 2.45) is 0 Å². The number of rotatable bonds is 1. The summed E-state index contributed by atoms with van der Waals surface area (Å²) in [5.41, 5.74) is 2.39. The van der Waals surface area contributed by atoms with Crippen LogP contribution in [0.4, 0.5) is 0 Å². The molecule has 2 aliphatic rings. The van der Waals surface area contributed by atoms with E-state index in [1.54, 1.807) is 0 Å². The van der Waals surface area contributed by atoms with Gasteiger partial charge in [-0.15, -0.1) is 0 Å². The largest absolute Gasteiger partial charge is 0.317 e. The number of nitrogens with one attached hydrogen (secondary N) is 2. The summed E-state index contributed by atoms with van der Waals surface area (Å²) in [5, 5.41) is 12.3. The first-order valence-corrected chi connectivity index (χ1v) is 4.54. The second kappa shape index (κ2) is 3.09. The van der Waals surface area contributed by atoms with Crippen LogP contribution in [0.1, 0.15) is 32.1 Å². The lowest BCUT2D eigenvalue weighted by atomic mass is 9.84. The zero-order valence-electron chi connectivity index (χ0n) is 6.71. The molecule has 64 valence electrons. The van der Waals surface area contributed by atoms with Crippen molar-refractivity contribution in [2.75, 3.05) is 0 Å².